The molecule has 0 saturated carbocycles. The molecule has 0 spiro atoms. The van der Waals surface area contributed by atoms with E-state index in [4.69, 9.17) is 5.26 Å². The summed E-state index contributed by atoms with van der Waals surface area (Å²) in [5.74, 6) is 0. The van der Waals surface area contributed by atoms with Crippen LogP contribution in [0.4, 0.5) is 0 Å². The summed E-state index contributed by atoms with van der Waals surface area (Å²) in [6.45, 7) is 0. The Morgan fingerprint density at radius 1 is 1.40 bits per heavy atom. The van der Waals surface area contributed by atoms with Crippen LogP contribution in [0.3, 0.4) is 0 Å². The molecule has 0 aliphatic rings. The highest BCUT2D eigenvalue weighted by molar-refractivity contribution is 9.10. The van der Waals surface area contributed by atoms with Gasteiger partial charge in [0, 0.05) is 0 Å². The van der Waals surface area contributed by atoms with Gasteiger partial charge < -0.3 is 0 Å². The van der Waals surface area contributed by atoms with E-state index in [1.54, 1.807) is 11.4 Å². The van der Waals surface area contributed by atoms with Crippen molar-refractivity contribution < 1.29 is 0 Å². The Morgan fingerprint density at radius 3 is 2.60 bits per heavy atom. The van der Waals surface area contributed by atoms with Crippen molar-refractivity contribution in [2.75, 3.05) is 0 Å². The molecular formula is C8H5BrN. The molecule has 0 atom stereocenters. The summed E-state index contributed by atoms with van der Waals surface area (Å²) in [6.07, 6.45) is 0. The molecule has 0 unspecified atom stereocenters. The highest BCUT2D eigenvalue weighted by Crippen LogP contribution is 2.12. The number of hydrogen-bond acceptors (Lipinski definition) is 1. The number of nitriles is 1. The van der Waals surface area contributed by atoms with Crippen LogP contribution in [-0.2, 0) is 0 Å². The van der Waals surface area contributed by atoms with Crippen molar-refractivity contribution >= 4 is 15.9 Å². The third-order valence-corrected chi connectivity index (χ3v) is 1.69. The van der Waals surface area contributed by atoms with Gasteiger partial charge in [-0.3, -0.25) is 0 Å². The van der Waals surface area contributed by atoms with Crippen molar-refractivity contribution in [1.82, 2.24) is 0 Å². The Kier molecular flexibility index (Phi) is 2.47. The summed E-state index contributed by atoms with van der Waals surface area (Å²) in [5.41, 5.74) is 1.62. The van der Waals surface area contributed by atoms with Gasteiger partial charge in [0.2, 0.25) is 0 Å². The molecule has 0 bridgehead atoms. The van der Waals surface area contributed by atoms with E-state index in [0.717, 1.165) is 5.56 Å². The molecule has 0 heterocycles. The summed E-state index contributed by atoms with van der Waals surface area (Å²) in [5, 5.41) is 10.3. The number of benzene rings is 1. The maximum absolute atomic E-state index is 8.56. The molecule has 1 aromatic carbocycles. The summed E-state index contributed by atoms with van der Waals surface area (Å²) < 4.78 is 0. The van der Waals surface area contributed by atoms with E-state index in [1.807, 2.05) is 18.2 Å². The number of halogens is 1. The van der Waals surface area contributed by atoms with Crippen LogP contribution >= 0.6 is 15.9 Å². The van der Waals surface area contributed by atoms with E-state index in [1.165, 1.54) is 0 Å². The maximum Gasteiger partial charge on any atom is 0.0994 e. The lowest BCUT2D eigenvalue weighted by Gasteiger charge is -1.94. The second-order valence-electron chi connectivity index (χ2n) is 1.81. The Morgan fingerprint density at radius 2 is 2.10 bits per heavy atom. The highest BCUT2D eigenvalue weighted by Gasteiger charge is 1.96. The maximum atomic E-state index is 8.56. The first kappa shape index (κ1) is 7.30. The van der Waals surface area contributed by atoms with Crippen molar-refractivity contribution in [2.45, 2.75) is 0 Å². The summed E-state index contributed by atoms with van der Waals surface area (Å²) in [6, 6.07) is 9.49. The molecule has 1 radical (unpaired) electrons. The minimum Gasteiger partial charge on any atom is -0.192 e. The fourth-order valence-electron chi connectivity index (χ4n) is 0.694. The Labute approximate surface area is 68.4 Å². The molecule has 2 heteroatoms. The van der Waals surface area contributed by atoms with Gasteiger partial charge in [-0.05, 0) is 11.6 Å². The molecule has 0 aliphatic heterocycles. The molecule has 1 aromatic rings. The normalized spacial score (nSPS) is 8.80. The largest absolute Gasteiger partial charge is 0.192 e. The number of rotatable bonds is 1. The van der Waals surface area contributed by atoms with Crippen LogP contribution in [0.5, 0.6) is 0 Å². The van der Waals surface area contributed by atoms with Gasteiger partial charge in [0.25, 0.3) is 0 Å². The molecule has 0 aromatic heterocycles. The van der Waals surface area contributed by atoms with Gasteiger partial charge in [-0.25, -0.2) is 0 Å². The van der Waals surface area contributed by atoms with Crippen molar-refractivity contribution in [1.29, 1.82) is 5.26 Å². The van der Waals surface area contributed by atoms with E-state index in [2.05, 4.69) is 22.0 Å². The van der Waals surface area contributed by atoms with Crippen LogP contribution < -0.4 is 0 Å². The van der Waals surface area contributed by atoms with Crippen LogP contribution in [0.25, 0.3) is 0 Å². The van der Waals surface area contributed by atoms with Crippen LogP contribution in [0.2, 0.25) is 0 Å². The molecule has 1 nitrogen and oxygen atoms in total. The van der Waals surface area contributed by atoms with Gasteiger partial charge in [0.1, 0.15) is 0 Å². The predicted molar refractivity (Wildman–Crippen MR) is 43.5 cm³/mol. The van der Waals surface area contributed by atoms with Crippen LogP contribution in [0.15, 0.2) is 24.3 Å². The summed E-state index contributed by atoms with van der Waals surface area (Å²) >= 11 is 3.17. The van der Waals surface area contributed by atoms with Gasteiger partial charge in [0.15, 0.2) is 0 Å². The molecule has 49 valence electrons. The van der Waals surface area contributed by atoms with Crippen LogP contribution in [0, 0.1) is 16.7 Å². The Hall–Kier alpha value is -0.810. The first-order valence-electron chi connectivity index (χ1n) is 2.81. The average Bonchev–Trinajstić information content (AvgIpc) is 2.04. The highest BCUT2D eigenvalue weighted by atomic mass is 79.9. The third kappa shape index (κ3) is 1.37. The zero-order chi connectivity index (χ0) is 7.40. The monoisotopic (exact) mass is 194 g/mol. The smallest absolute Gasteiger partial charge is 0.0994 e. The Balaban J connectivity index is 3.12. The minimum absolute atomic E-state index is 0.694. The molecule has 0 N–H and O–H groups in total. The van der Waals surface area contributed by atoms with Crippen LogP contribution in [0.1, 0.15) is 11.1 Å². The summed E-state index contributed by atoms with van der Waals surface area (Å²) in [4.78, 5) is 0. The molecule has 10 heavy (non-hydrogen) atoms. The lowest BCUT2D eigenvalue weighted by atomic mass is 10.1. The first-order valence-corrected chi connectivity index (χ1v) is 3.72. The van der Waals surface area contributed by atoms with Crippen molar-refractivity contribution in [3.8, 4) is 6.07 Å². The summed E-state index contributed by atoms with van der Waals surface area (Å²) in [7, 11) is 0. The van der Waals surface area contributed by atoms with E-state index in [0.29, 0.717) is 5.56 Å². The first-order chi connectivity index (χ1) is 4.88. The van der Waals surface area contributed by atoms with E-state index in [-0.39, 0.29) is 0 Å². The van der Waals surface area contributed by atoms with Crippen molar-refractivity contribution in [2.24, 2.45) is 0 Å². The zero-order valence-electron chi connectivity index (χ0n) is 5.21. The topological polar surface area (TPSA) is 23.8 Å². The predicted octanol–water partition coefficient (Wildman–Crippen LogP) is 2.46. The lowest BCUT2D eigenvalue weighted by molar-refractivity contribution is 1.45. The lowest BCUT2D eigenvalue weighted by Crippen LogP contribution is -1.80. The third-order valence-electron chi connectivity index (χ3n) is 1.20. The van der Waals surface area contributed by atoms with Gasteiger partial charge >= 0.3 is 0 Å². The molecule has 1 rings (SSSR count). The van der Waals surface area contributed by atoms with Gasteiger partial charge in [-0.1, -0.05) is 34.1 Å². The number of hydrogen-bond donors (Lipinski definition) is 0. The molecule has 0 aliphatic carbocycles. The molecule has 0 amide bonds. The van der Waals surface area contributed by atoms with Gasteiger partial charge in [0.05, 0.1) is 17.0 Å². The van der Waals surface area contributed by atoms with Crippen molar-refractivity contribution in [3.05, 3.63) is 40.7 Å². The fraction of sp³-hybridized carbons (Fsp3) is 0. The Bertz CT molecular complexity index is 262. The number of nitrogens with zero attached hydrogens (tertiary/aromatic N) is 1. The van der Waals surface area contributed by atoms with E-state index >= 15 is 0 Å². The van der Waals surface area contributed by atoms with Gasteiger partial charge in [-0.2, -0.15) is 5.26 Å². The van der Waals surface area contributed by atoms with E-state index < -0.39 is 0 Å². The SMILES string of the molecule is N#Cc1ccccc1[CH]Br. The second kappa shape index (κ2) is 3.38. The molecule has 0 fully saturated rings. The van der Waals surface area contributed by atoms with Crippen molar-refractivity contribution in [3.63, 3.8) is 0 Å². The van der Waals surface area contributed by atoms with Crippen LogP contribution in [-0.4, -0.2) is 0 Å². The minimum atomic E-state index is 0.694. The van der Waals surface area contributed by atoms with Gasteiger partial charge in [-0.15, -0.1) is 0 Å². The molecular weight excluding hydrogens is 190 g/mol. The standard InChI is InChI=1S/C8H5BrN/c9-5-7-3-1-2-4-8(7)6-10/h1-5H. The fourth-order valence-corrected chi connectivity index (χ4v) is 1.09. The zero-order valence-corrected chi connectivity index (χ0v) is 6.80. The van der Waals surface area contributed by atoms with E-state index in [9.17, 15) is 0 Å². The molecule has 0 saturated heterocycles. The average molecular weight is 195 g/mol. The quantitative estimate of drug-likeness (QED) is 0.675. The second-order valence-corrected chi connectivity index (χ2v) is 2.27.